The van der Waals surface area contributed by atoms with E-state index in [0.29, 0.717) is 0 Å². The van der Waals surface area contributed by atoms with Crippen LogP contribution in [-0.4, -0.2) is 24.7 Å². The Morgan fingerprint density at radius 3 is 2.81 bits per heavy atom. The summed E-state index contributed by atoms with van der Waals surface area (Å²) in [4.78, 5) is 2.22. The molecule has 1 aromatic carbocycles. The van der Waals surface area contributed by atoms with E-state index in [4.69, 9.17) is 5.26 Å². The minimum atomic E-state index is -0.0660. The zero-order chi connectivity index (χ0) is 11.4. The zero-order valence-electron chi connectivity index (χ0n) is 9.39. The summed E-state index contributed by atoms with van der Waals surface area (Å²) < 4.78 is 0. The fourth-order valence-corrected chi connectivity index (χ4v) is 2.14. The monoisotopic (exact) mass is 210 g/mol. The third-order valence-corrected chi connectivity index (χ3v) is 3.12. The number of nitrogens with zero attached hydrogens (tertiary/aromatic N) is 2. The van der Waals surface area contributed by atoms with Gasteiger partial charge in [-0.25, -0.2) is 5.26 Å². The molecule has 0 aromatic heterocycles. The number of hydrogen-bond acceptors (Lipinski definition) is 2. The van der Waals surface area contributed by atoms with Crippen LogP contribution in [0, 0.1) is 11.2 Å². The zero-order valence-corrected chi connectivity index (χ0v) is 9.39. The van der Waals surface area contributed by atoms with E-state index in [9.17, 15) is 0 Å². The maximum atomic E-state index is 9.05. The molecule has 1 fully saturated rings. The van der Waals surface area contributed by atoms with Crippen LogP contribution in [0.5, 0.6) is 0 Å². The molecular weight excluding hydrogens is 195 g/mol. The Hall–Kier alpha value is -1.53. The molecule has 2 nitrogen and oxygen atoms in total. The van der Waals surface area contributed by atoms with Crippen molar-refractivity contribution in [2.75, 3.05) is 13.1 Å². The van der Waals surface area contributed by atoms with E-state index >= 15 is 0 Å². The Morgan fingerprint density at radius 1 is 1.38 bits per heavy atom. The van der Waals surface area contributed by atoms with Crippen molar-refractivity contribution >= 4 is 6.85 Å². The first-order valence-corrected chi connectivity index (χ1v) is 5.66. The highest BCUT2D eigenvalue weighted by molar-refractivity contribution is 6.72. The molecule has 1 aliphatic rings. The van der Waals surface area contributed by atoms with Gasteiger partial charge in [0.2, 0.25) is 0 Å². The number of hydrogen-bond donors (Lipinski definition) is 0. The maximum Gasteiger partial charge on any atom is 0.377 e. The predicted molar refractivity (Wildman–Crippen MR) is 66.8 cm³/mol. The van der Waals surface area contributed by atoms with Crippen molar-refractivity contribution in [1.29, 1.82) is 5.26 Å². The fraction of sp³-hybridized carbons (Fsp3) is 0.308. The lowest BCUT2D eigenvalue weighted by atomic mass is 9.58. The van der Waals surface area contributed by atoms with Crippen LogP contribution in [0.3, 0.4) is 0 Å². The van der Waals surface area contributed by atoms with Gasteiger partial charge in [0.1, 0.15) is 0 Å². The van der Waals surface area contributed by atoms with E-state index in [2.05, 4.69) is 41.6 Å². The van der Waals surface area contributed by atoms with Crippen LogP contribution in [0.1, 0.15) is 12.0 Å². The van der Waals surface area contributed by atoms with Crippen molar-refractivity contribution in [2.24, 2.45) is 0 Å². The van der Waals surface area contributed by atoms with Crippen LogP contribution in [0.15, 0.2) is 42.4 Å². The van der Waals surface area contributed by atoms with Crippen LogP contribution < -0.4 is 0 Å². The molecule has 2 rings (SSSR count). The molecule has 1 aromatic rings. The molecule has 0 N–H and O–H groups in total. The summed E-state index contributed by atoms with van der Waals surface area (Å²) in [7, 11) is 0. The van der Waals surface area contributed by atoms with Gasteiger partial charge in [-0.2, -0.15) is 0 Å². The van der Waals surface area contributed by atoms with Crippen molar-refractivity contribution in [3.63, 3.8) is 0 Å². The lowest BCUT2D eigenvalue weighted by Crippen LogP contribution is -2.35. The summed E-state index contributed by atoms with van der Waals surface area (Å²) in [5.74, 6) is 2.33. The molecular formula is C13H15BN2. The van der Waals surface area contributed by atoms with Gasteiger partial charge >= 0.3 is 6.85 Å². The normalized spacial score (nSPS) is 16.4. The van der Waals surface area contributed by atoms with Gasteiger partial charge in [-0.1, -0.05) is 35.8 Å². The second-order valence-corrected chi connectivity index (χ2v) is 4.21. The van der Waals surface area contributed by atoms with Crippen molar-refractivity contribution in [3.8, 4) is 5.97 Å². The lowest BCUT2D eigenvalue weighted by molar-refractivity contribution is 0.474. The number of rotatable bonds is 3. The van der Waals surface area contributed by atoms with Gasteiger partial charge in [0.15, 0.2) is 0 Å². The van der Waals surface area contributed by atoms with E-state index in [1.54, 1.807) is 0 Å². The van der Waals surface area contributed by atoms with Gasteiger partial charge in [0.25, 0.3) is 0 Å². The second kappa shape index (κ2) is 5.00. The molecule has 0 bridgehead atoms. The molecule has 0 saturated carbocycles. The van der Waals surface area contributed by atoms with Crippen molar-refractivity contribution in [3.05, 3.63) is 47.9 Å². The minimum Gasteiger partial charge on any atom is -0.325 e. The lowest BCUT2D eigenvalue weighted by Gasteiger charge is -2.16. The van der Waals surface area contributed by atoms with E-state index < -0.39 is 0 Å². The average Bonchev–Trinajstić information content (AvgIpc) is 2.68. The number of benzene rings is 1. The molecule has 0 amide bonds. The highest BCUT2D eigenvalue weighted by Crippen LogP contribution is 2.18. The van der Waals surface area contributed by atoms with Crippen molar-refractivity contribution in [1.82, 2.24) is 4.81 Å². The molecule has 0 radical (unpaired) electrons. The molecule has 80 valence electrons. The molecule has 16 heavy (non-hydrogen) atoms. The molecule has 0 spiro atoms. The summed E-state index contributed by atoms with van der Waals surface area (Å²) in [6.07, 6.45) is 1.97. The first kappa shape index (κ1) is 11.0. The predicted octanol–water partition coefficient (Wildman–Crippen LogP) is 2.08. The van der Waals surface area contributed by atoms with E-state index in [1.165, 1.54) is 5.56 Å². The Balaban J connectivity index is 1.92. The Morgan fingerprint density at radius 2 is 2.12 bits per heavy atom. The fourth-order valence-electron chi connectivity index (χ4n) is 2.14. The van der Waals surface area contributed by atoms with E-state index in [1.807, 2.05) is 6.07 Å². The van der Waals surface area contributed by atoms with Gasteiger partial charge in [-0.15, -0.1) is 6.58 Å². The molecule has 1 heterocycles. The molecule has 0 atom stereocenters. The smallest absolute Gasteiger partial charge is 0.325 e. The summed E-state index contributed by atoms with van der Waals surface area (Å²) in [5.41, 5.74) is 2.40. The minimum absolute atomic E-state index is 0.0660. The molecule has 0 unspecified atom stereocenters. The van der Waals surface area contributed by atoms with Gasteiger partial charge in [-0.3, -0.25) is 0 Å². The largest absolute Gasteiger partial charge is 0.377 e. The van der Waals surface area contributed by atoms with Gasteiger partial charge in [0.05, 0.1) is 0 Å². The first-order valence-electron chi connectivity index (χ1n) is 5.66. The summed E-state index contributed by atoms with van der Waals surface area (Å²) >= 11 is 0. The van der Waals surface area contributed by atoms with Crippen LogP contribution in [-0.2, 0) is 6.42 Å². The molecule has 1 saturated heterocycles. The topological polar surface area (TPSA) is 27.0 Å². The van der Waals surface area contributed by atoms with Gasteiger partial charge in [-0.05, 0) is 31.5 Å². The quantitative estimate of drug-likeness (QED) is 0.714. The highest BCUT2D eigenvalue weighted by atomic mass is 15.1. The SMILES string of the molecule is C=C1CCN(CCc2ccccc2)B1C#N. The van der Waals surface area contributed by atoms with Crippen LogP contribution in [0.4, 0.5) is 0 Å². The summed E-state index contributed by atoms with van der Waals surface area (Å²) in [5, 5.41) is 9.05. The highest BCUT2D eigenvalue weighted by Gasteiger charge is 2.32. The maximum absolute atomic E-state index is 9.05. The van der Waals surface area contributed by atoms with Crippen molar-refractivity contribution < 1.29 is 0 Å². The van der Waals surface area contributed by atoms with Crippen molar-refractivity contribution in [2.45, 2.75) is 12.8 Å². The third-order valence-electron chi connectivity index (χ3n) is 3.12. The second-order valence-electron chi connectivity index (χ2n) is 4.21. The van der Waals surface area contributed by atoms with Crippen LogP contribution >= 0.6 is 0 Å². The molecule has 1 aliphatic heterocycles. The first-order chi connectivity index (χ1) is 7.81. The Bertz CT molecular complexity index is 408. The summed E-state index contributed by atoms with van der Waals surface area (Å²) in [6, 6.07) is 10.4. The van der Waals surface area contributed by atoms with Gasteiger partial charge in [0, 0.05) is 5.97 Å². The van der Waals surface area contributed by atoms with Crippen LogP contribution in [0.25, 0.3) is 0 Å². The van der Waals surface area contributed by atoms with E-state index in [0.717, 1.165) is 31.4 Å². The van der Waals surface area contributed by atoms with Crippen LogP contribution in [0.2, 0.25) is 0 Å². The third kappa shape index (κ3) is 2.34. The Labute approximate surface area is 97.3 Å². The van der Waals surface area contributed by atoms with Gasteiger partial charge < -0.3 is 4.81 Å². The molecule has 0 aliphatic carbocycles. The number of nitriles is 1. The summed E-state index contributed by atoms with van der Waals surface area (Å²) in [6.45, 7) is 5.80. The molecule has 3 heteroatoms. The standard InChI is InChI=1S/C13H15BN2/c1-12-7-9-16(14(12)11-15)10-8-13-5-3-2-4-6-13/h2-6H,1,7-10H2. The van der Waals surface area contributed by atoms with E-state index in [-0.39, 0.29) is 6.85 Å². The average molecular weight is 210 g/mol. The Kier molecular flexibility index (Phi) is 3.43.